The van der Waals surface area contributed by atoms with E-state index < -0.39 is 15.8 Å². The summed E-state index contributed by atoms with van der Waals surface area (Å²) in [5.41, 5.74) is 1.88. The Balaban J connectivity index is 2.09. The number of rotatable bonds is 5. The maximum Gasteiger partial charge on any atom is 0.233 e. The van der Waals surface area contributed by atoms with Gasteiger partial charge in [-0.3, -0.25) is 4.72 Å². The Morgan fingerprint density at radius 3 is 2.52 bits per heavy atom. The highest BCUT2D eigenvalue weighted by molar-refractivity contribution is 9.10. The molecule has 1 N–H and O–H groups in total. The molecule has 0 heterocycles. The summed E-state index contributed by atoms with van der Waals surface area (Å²) in [5.74, 6) is -0.439. The molecule has 0 radical (unpaired) electrons. The van der Waals surface area contributed by atoms with Crippen molar-refractivity contribution in [2.45, 2.75) is 13.3 Å². The minimum Gasteiger partial charge on any atom is -0.283 e. The van der Waals surface area contributed by atoms with Crippen LogP contribution in [0.5, 0.6) is 0 Å². The maximum absolute atomic E-state index is 13.3. The number of nitrogens with one attached hydrogen (secondary N) is 1. The predicted octanol–water partition coefficient (Wildman–Crippen LogP) is 3.88. The van der Waals surface area contributed by atoms with E-state index in [1.54, 1.807) is 6.92 Å². The first kappa shape index (κ1) is 16.0. The van der Waals surface area contributed by atoms with Crippen LogP contribution in [-0.2, 0) is 16.4 Å². The number of benzene rings is 2. The van der Waals surface area contributed by atoms with E-state index >= 15 is 0 Å². The fourth-order valence-electron chi connectivity index (χ4n) is 1.87. The molecule has 21 heavy (non-hydrogen) atoms. The normalized spacial score (nSPS) is 11.4. The topological polar surface area (TPSA) is 46.2 Å². The van der Waals surface area contributed by atoms with Gasteiger partial charge in [-0.1, -0.05) is 30.3 Å². The molecule has 0 saturated heterocycles. The third-order valence-electron chi connectivity index (χ3n) is 3.04. The van der Waals surface area contributed by atoms with E-state index in [4.69, 9.17) is 0 Å². The van der Waals surface area contributed by atoms with E-state index in [9.17, 15) is 12.8 Å². The molecule has 2 rings (SSSR count). The number of hydrogen-bond donors (Lipinski definition) is 1. The molecule has 0 unspecified atom stereocenters. The highest BCUT2D eigenvalue weighted by Gasteiger charge is 2.14. The molecule has 2 aromatic rings. The monoisotopic (exact) mass is 371 g/mol. The summed E-state index contributed by atoms with van der Waals surface area (Å²) < 4.78 is 40.3. The molecule has 0 saturated carbocycles. The Hall–Kier alpha value is -1.40. The zero-order valence-corrected chi connectivity index (χ0v) is 13.8. The van der Waals surface area contributed by atoms with Crippen LogP contribution in [0.15, 0.2) is 46.9 Å². The van der Waals surface area contributed by atoms with Crippen molar-refractivity contribution in [2.24, 2.45) is 0 Å². The minimum atomic E-state index is -3.48. The molecule has 0 aliphatic rings. The summed E-state index contributed by atoms with van der Waals surface area (Å²) in [6, 6.07) is 12.1. The van der Waals surface area contributed by atoms with Crippen LogP contribution in [0.2, 0.25) is 0 Å². The molecule has 0 fully saturated rings. The van der Waals surface area contributed by atoms with Gasteiger partial charge in [0.25, 0.3) is 0 Å². The zero-order chi connectivity index (χ0) is 15.5. The molecule has 0 amide bonds. The van der Waals surface area contributed by atoms with Crippen LogP contribution < -0.4 is 4.72 Å². The zero-order valence-electron chi connectivity index (χ0n) is 11.4. The molecule has 0 bridgehead atoms. The second-order valence-corrected chi connectivity index (χ2v) is 7.43. The summed E-state index contributed by atoms with van der Waals surface area (Å²) in [6.07, 6.45) is 0.428. The molecule has 112 valence electrons. The van der Waals surface area contributed by atoms with E-state index in [-0.39, 0.29) is 10.2 Å². The van der Waals surface area contributed by atoms with Crippen molar-refractivity contribution in [1.82, 2.24) is 0 Å². The highest BCUT2D eigenvalue weighted by atomic mass is 79.9. The van der Waals surface area contributed by atoms with Gasteiger partial charge in [-0.25, -0.2) is 12.8 Å². The van der Waals surface area contributed by atoms with E-state index in [0.29, 0.717) is 17.7 Å². The molecule has 0 aliphatic heterocycles. The van der Waals surface area contributed by atoms with Gasteiger partial charge < -0.3 is 0 Å². The van der Waals surface area contributed by atoms with Crippen molar-refractivity contribution in [1.29, 1.82) is 0 Å². The molecular weight excluding hydrogens is 357 g/mol. The Morgan fingerprint density at radius 2 is 1.86 bits per heavy atom. The SMILES string of the molecule is Cc1cc(F)c(Br)cc1NS(=O)(=O)CCc1ccccc1. The summed E-state index contributed by atoms with van der Waals surface area (Å²) in [5, 5.41) is 0. The second kappa shape index (κ2) is 6.58. The lowest BCUT2D eigenvalue weighted by Crippen LogP contribution is -2.19. The Bertz CT molecular complexity index is 733. The lowest BCUT2D eigenvalue weighted by molar-refractivity contribution is 0.600. The third-order valence-corrected chi connectivity index (χ3v) is 4.92. The Morgan fingerprint density at radius 1 is 1.19 bits per heavy atom. The molecule has 0 atom stereocenters. The van der Waals surface area contributed by atoms with Crippen molar-refractivity contribution in [3.63, 3.8) is 0 Å². The maximum atomic E-state index is 13.3. The van der Waals surface area contributed by atoms with Gasteiger partial charge in [0.05, 0.1) is 15.9 Å². The van der Waals surface area contributed by atoms with Gasteiger partial charge in [0, 0.05) is 0 Å². The largest absolute Gasteiger partial charge is 0.283 e. The number of halogens is 2. The predicted molar refractivity (Wildman–Crippen MR) is 86.4 cm³/mol. The molecule has 0 spiro atoms. The number of sulfonamides is 1. The van der Waals surface area contributed by atoms with Crippen LogP contribution in [0.1, 0.15) is 11.1 Å². The Kier molecular flexibility index (Phi) is 5.00. The van der Waals surface area contributed by atoms with Gasteiger partial charge >= 0.3 is 0 Å². The van der Waals surface area contributed by atoms with E-state index in [2.05, 4.69) is 20.7 Å². The Labute approximate surface area is 132 Å². The van der Waals surface area contributed by atoms with Crippen LogP contribution in [0.25, 0.3) is 0 Å². The van der Waals surface area contributed by atoms with E-state index in [1.807, 2.05) is 30.3 Å². The molecule has 2 aromatic carbocycles. The van der Waals surface area contributed by atoms with Gasteiger partial charge in [0.2, 0.25) is 10.0 Å². The van der Waals surface area contributed by atoms with Crippen molar-refractivity contribution >= 4 is 31.6 Å². The average molecular weight is 372 g/mol. The van der Waals surface area contributed by atoms with Gasteiger partial charge in [0.1, 0.15) is 5.82 Å². The number of anilines is 1. The lowest BCUT2D eigenvalue weighted by Gasteiger charge is -2.11. The lowest BCUT2D eigenvalue weighted by atomic mass is 10.2. The fourth-order valence-corrected chi connectivity index (χ4v) is 3.38. The number of aryl methyl sites for hydroxylation is 2. The van der Waals surface area contributed by atoms with Crippen LogP contribution in [0, 0.1) is 12.7 Å². The van der Waals surface area contributed by atoms with Crippen molar-refractivity contribution in [2.75, 3.05) is 10.5 Å². The fraction of sp³-hybridized carbons (Fsp3) is 0.200. The van der Waals surface area contributed by atoms with Crippen LogP contribution in [0.4, 0.5) is 10.1 Å². The summed E-state index contributed by atoms with van der Waals surface area (Å²) in [7, 11) is -3.48. The number of hydrogen-bond acceptors (Lipinski definition) is 2. The van der Waals surface area contributed by atoms with Crippen molar-refractivity contribution < 1.29 is 12.8 Å². The quantitative estimate of drug-likeness (QED) is 0.866. The van der Waals surface area contributed by atoms with Crippen LogP contribution >= 0.6 is 15.9 Å². The smallest absolute Gasteiger partial charge is 0.233 e. The van der Waals surface area contributed by atoms with Gasteiger partial charge in [-0.2, -0.15) is 0 Å². The second-order valence-electron chi connectivity index (χ2n) is 4.74. The average Bonchev–Trinajstić information content (AvgIpc) is 2.44. The molecule has 0 aromatic heterocycles. The molecular formula is C15H15BrFNO2S. The van der Waals surface area contributed by atoms with Crippen LogP contribution in [-0.4, -0.2) is 14.2 Å². The third kappa shape index (κ3) is 4.54. The van der Waals surface area contributed by atoms with Crippen molar-refractivity contribution in [3.05, 3.63) is 63.9 Å². The van der Waals surface area contributed by atoms with Gasteiger partial charge in [-0.15, -0.1) is 0 Å². The van der Waals surface area contributed by atoms with Gasteiger partial charge in [0.15, 0.2) is 0 Å². The summed E-state index contributed by atoms with van der Waals surface area (Å²) in [4.78, 5) is 0. The molecule has 3 nitrogen and oxygen atoms in total. The summed E-state index contributed by atoms with van der Waals surface area (Å²) in [6.45, 7) is 1.66. The molecule has 6 heteroatoms. The van der Waals surface area contributed by atoms with E-state index in [1.165, 1.54) is 12.1 Å². The highest BCUT2D eigenvalue weighted by Crippen LogP contribution is 2.25. The first-order valence-corrected chi connectivity index (χ1v) is 8.82. The summed E-state index contributed by atoms with van der Waals surface area (Å²) >= 11 is 3.05. The first-order chi connectivity index (χ1) is 9.87. The van der Waals surface area contributed by atoms with Crippen molar-refractivity contribution in [3.8, 4) is 0 Å². The minimum absolute atomic E-state index is 0.0224. The first-order valence-electron chi connectivity index (χ1n) is 6.37. The van der Waals surface area contributed by atoms with E-state index in [0.717, 1.165) is 5.56 Å². The van der Waals surface area contributed by atoms with Gasteiger partial charge in [-0.05, 0) is 52.5 Å². The standard InChI is InChI=1S/C15H15BrFNO2S/c1-11-9-14(17)13(16)10-15(11)18-21(19,20)8-7-12-5-3-2-4-6-12/h2-6,9-10,18H,7-8H2,1H3. The van der Waals surface area contributed by atoms with Crippen LogP contribution in [0.3, 0.4) is 0 Å². The molecule has 0 aliphatic carbocycles.